The van der Waals surface area contributed by atoms with Gasteiger partial charge < -0.3 is 21.1 Å². The van der Waals surface area contributed by atoms with Crippen molar-refractivity contribution < 1.29 is 9.53 Å². The molecule has 2 aromatic carbocycles. The number of amides is 1. The molecule has 0 unspecified atom stereocenters. The monoisotopic (exact) mass is 394 g/mol. The Hall–Kier alpha value is -3.02. The summed E-state index contributed by atoms with van der Waals surface area (Å²) in [5.74, 6) is 1.94. The SMILES string of the molecule is CCNC(=NCc1cccc(C(N)=O)c1)NCc1ccc(C)cc1OCC1CC1. The highest BCUT2D eigenvalue weighted by Crippen LogP contribution is 2.30. The van der Waals surface area contributed by atoms with Gasteiger partial charge >= 0.3 is 0 Å². The summed E-state index contributed by atoms with van der Waals surface area (Å²) in [6.45, 7) is 6.73. The number of nitrogens with one attached hydrogen (secondary N) is 2. The van der Waals surface area contributed by atoms with Gasteiger partial charge in [0.25, 0.3) is 0 Å². The number of hydrogen-bond donors (Lipinski definition) is 3. The molecular formula is C23H30N4O2. The van der Waals surface area contributed by atoms with Gasteiger partial charge in [0.05, 0.1) is 13.2 Å². The fraction of sp³-hybridized carbons (Fsp3) is 0.391. The first-order valence-corrected chi connectivity index (χ1v) is 10.2. The van der Waals surface area contributed by atoms with Crippen molar-refractivity contribution >= 4 is 11.9 Å². The Bertz CT molecular complexity index is 875. The lowest BCUT2D eigenvalue weighted by Gasteiger charge is -2.15. The number of rotatable bonds is 9. The van der Waals surface area contributed by atoms with Gasteiger partial charge in [-0.25, -0.2) is 4.99 Å². The molecule has 0 radical (unpaired) electrons. The van der Waals surface area contributed by atoms with Crippen LogP contribution in [-0.2, 0) is 13.1 Å². The van der Waals surface area contributed by atoms with Crippen LogP contribution in [0.3, 0.4) is 0 Å². The third-order valence-electron chi connectivity index (χ3n) is 4.82. The molecule has 1 aliphatic carbocycles. The smallest absolute Gasteiger partial charge is 0.248 e. The lowest BCUT2D eigenvalue weighted by Crippen LogP contribution is -2.36. The Labute approximate surface area is 172 Å². The quantitative estimate of drug-likeness (QED) is 0.450. The van der Waals surface area contributed by atoms with Gasteiger partial charge in [0, 0.05) is 24.2 Å². The largest absolute Gasteiger partial charge is 0.493 e. The number of aliphatic imine (C=N–C) groups is 1. The van der Waals surface area contributed by atoms with Crippen LogP contribution in [0.5, 0.6) is 5.75 Å². The van der Waals surface area contributed by atoms with E-state index in [-0.39, 0.29) is 0 Å². The molecule has 1 saturated carbocycles. The van der Waals surface area contributed by atoms with Crippen LogP contribution in [0.4, 0.5) is 0 Å². The van der Waals surface area contributed by atoms with Gasteiger partial charge in [0.1, 0.15) is 5.75 Å². The number of hydrogen-bond acceptors (Lipinski definition) is 3. The molecule has 4 N–H and O–H groups in total. The Morgan fingerprint density at radius 1 is 1.21 bits per heavy atom. The molecule has 1 amide bonds. The van der Waals surface area contributed by atoms with Gasteiger partial charge in [-0.1, -0.05) is 24.3 Å². The molecule has 1 fully saturated rings. The third-order valence-corrected chi connectivity index (χ3v) is 4.82. The molecule has 0 aromatic heterocycles. The molecule has 154 valence electrons. The Balaban J connectivity index is 1.65. The summed E-state index contributed by atoms with van der Waals surface area (Å²) in [7, 11) is 0. The van der Waals surface area contributed by atoms with Crippen molar-refractivity contribution in [2.24, 2.45) is 16.6 Å². The van der Waals surface area contributed by atoms with Gasteiger partial charge in [-0.2, -0.15) is 0 Å². The van der Waals surface area contributed by atoms with E-state index in [4.69, 9.17) is 10.5 Å². The second-order valence-corrected chi connectivity index (χ2v) is 7.48. The molecule has 2 aromatic rings. The van der Waals surface area contributed by atoms with Crippen molar-refractivity contribution in [2.75, 3.05) is 13.2 Å². The first-order valence-electron chi connectivity index (χ1n) is 10.2. The minimum Gasteiger partial charge on any atom is -0.493 e. The normalized spacial score (nSPS) is 13.8. The number of carbonyl (C=O) groups excluding carboxylic acids is 1. The second kappa shape index (κ2) is 9.96. The summed E-state index contributed by atoms with van der Waals surface area (Å²) >= 11 is 0. The molecular weight excluding hydrogens is 364 g/mol. The molecule has 29 heavy (non-hydrogen) atoms. The summed E-state index contributed by atoms with van der Waals surface area (Å²) < 4.78 is 6.05. The predicted molar refractivity (Wildman–Crippen MR) is 116 cm³/mol. The summed E-state index contributed by atoms with van der Waals surface area (Å²) in [6.07, 6.45) is 2.54. The number of aryl methyl sites for hydroxylation is 1. The number of primary amides is 1. The fourth-order valence-electron chi connectivity index (χ4n) is 2.95. The van der Waals surface area contributed by atoms with Gasteiger partial charge in [0.15, 0.2) is 5.96 Å². The van der Waals surface area contributed by atoms with Crippen LogP contribution < -0.4 is 21.1 Å². The zero-order valence-electron chi connectivity index (χ0n) is 17.2. The minimum atomic E-state index is -0.432. The standard InChI is InChI=1S/C23H30N4O2/c1-3-25-23(26-13-18-5-4-6-19(12-18)22(24)28)27-14-20-10-7-16(2)11-21(20)29-15-17-8-9-17/h4-7,10-12,17H,3,8-9,13-15H2,1-2H3,(H2,24,28)(H2,25,26,27). The summed E-state index contributed by atoms with van der Waals surface area (Å²) in [4.78, 5) is 16.0. The topological polar surface area (TPSA) is 88.7 Å². The fourth-order valence-corrected chi connectivity index (χ4v) is 2.95. The number of ether oxygens (including phenoxy) is 1. The molecule has 0 spiro atoms. The van der Waals surface area contributed by atoms with Crippen LogP contribution in [0.1, 0.15) is 46.8 Å². The zero-order valence-corrected chi connectivity index (χ0v) is 17.2. The zero-order chi connectivity index (χ0) is 20.6. The molecule has 6 nitrogen and oxygen atoms in total. The van der Waals surface area contributed by atoms with Crippen molar-refractivity contribution in [1.29, 1.82) is 0 Å². The first kappa shape index (κ1) is 20.7. The van der Waals surface area contributed by atoms with E-state index in [1.54, 1.807) is 12.1 Å². The number of carbonyl (C=O) groups is 1. The number of nitrogens with zero attached hydrogens (tertiary/aromatic N) is 1. The van der Waals surface area contributed by atoms with Crippen molar-refractivity contribution in [2.45, 2.75) is 39.8 Å². The van der Waals surface area contributed by atoms with Crippen LogP contribution in [0, 0.1) is 12.8 Å². The van der Waals surface area contributed by atoms with E-state index in [2.05, 4.69) is 40.7 Å². The van der Waals surface area contributed by atoms with E-state index >= 15 is 0 Å². The predicted octanol–water partition coefficient (Wildman–Crippen LogP) is 3.14. The maximum atomic E-state index is 11.4. The maximum Gasteiger partial charge on any atom is 0.248 e. The summed E-state index contributed by atoms with van der Waals surface area (Å²) in [5, 5.41) is 6.63. The van der Waals surface area contributed by atoms with Gasteiger partial charge in [-0.15, -0.1) is 0 Å². The summed E-state index contributed by atoms with van der Waals surface area (Å²) in [6, 6.07) is 13.5. The van der Waals surface area contributed by atoms with Gasteiger partial charge in [-0.05, 0) is 61.9 Å². The Morgan fingerprint density at radius 3 is 2.76 bits per heavy atom. The molecule has 3 rings (SSSR count). The highest BCUT2D eigenvalue weighted by molar-refractivity contribution is 5.92. The molecule has 0 atom stereocenters. The Morgan fingerprint density at radius 2 is 2.03 bits per heavy atom. The minimum absolute atomic E-state index is 0.432. The molecule has 1 aliphatic rings. The average Bonchev–Trinajstić information content (AvgIpc) is 3.54. The summed E-state index contributed by atoms with van der Waals surface area (Å²) in [5.41, 5.74) is 9.08. The molecule has 6 heteroatoms. The lowest BCUT2D eigenvalue weighted by molar-refractivity contribution is 0.1000. The van der Waals surface area contributed by atoms with E-state index in [0.717, 1.165) is 30.0 Å². The van der Waals surface area contributed by atoms with Crippen molar-refractivity contribution in [3.8, 4) is 5.75 Å². The van der Waals surface area contributed by atoms with Crippen molar-refractivity contribution in [3.63, 3.8) is 0 Å². The van der Waals surface area contributed by atoms with Crippen LogP contribution in [0.2, 0.25) is 0 Å². The number of nitrogens with two attached hydrogens (primary N) is 1. The first-order chi connectivity index (χ1) is 14.0. The van der Waals surface area contributed by atoms with E-state index in [9.17, 15) is 4.79 Å². The van der Waals surface area contributed by atoms with Crippen LogP contribution >= 0.6 is 0 Å². The Kier molecular flexibility index (Phi) is 7.11. The van der Waals surface area contributed by atoms with E-state index in [0.29, 0.717) is 30.5 Å². The molecule has 0 aliphatic heterocycles. The van der Waals surface area contributed by atoms with Crippen molar-refractivity contribution in [3.05, 3.63) is 64.7 Å². The van der Waals surface area contributed by atoms with Crippen LogP contribution in [0.15, 0.2) is 47.5 Å². The van der Waals surface area contributed by atoms with E-state index in [1.165, 1.54) is 18.4 Å². The van der Waals surface area contributed by atoms with Crippen LogP contribution in [0.25, 0.3) is 0 Å². The maximum absolute atomic E-state index is 11.4. The second-order valence-electron chi connectivity index (χ2n) is 7.48. The van der Waals surface area contributed by atoms with E-state index < -0.39 is 5.91 Å². The highest BCUT2D eigenvalue weighted by Gasteiger charge is 2.22. The van der Waals surface area contributed by atoms with Gasteiger partial charge in [0.2, 0.25) is 5.91 Å². The number of benzene rings is 2. The third kappa shape index (κ3) is 6.52. The lowest BCUT2D eigenvalue weighted by atomic mass is 10.1. The highest BCUT2D eigenvalue weighted by atomic mass is 16.5. The average molecular weight is 395 g/mol. The number of guanidine groups is 1. The van der Waals surface area contributed by atoms with E-state index in [1.807, 2.05) is 19.1 Å². The molecule has 0 bridgehead atoms. The van der Waals surface area contributed by atoms with Gasteiger partial charge in [-0.3, -0.25) is 4.79 Å². The molecule has 0 saturated heterocycles. The van der Waals surface area contributed by atoms with Crippen molar-refractivity contribution in [1.82, 2.24) is 10.6 Å². The molecule has 0 heterocycles. The van der Waals surface area contributed by atoms with Crippen LogP contribution in [-0.4, -0.2) is 25.0 Å².